The van der Waals surface area contributed by atoms with E-state index in [0.717, 1.165) is 24.0 Å². The van der Waals surface area contributed by atoms with Gasteiger partial charge in [0.1, 0.15) is 23.9 Å². The minimum atomic E-state index is -2.31. The summed E-state index contributed by atoms with van der Waals surface area (Å²) in [6.07, 6.45) is -2.02. The van der Waals surface area contributed by atoms with Crippen LogP contribution in [0.25, 0.3) is 11.0 Å². The first kappa shape index (κ1) is 18.4. The molecule has 3 rings (SSSR count). The maximum atomic E-state index is 15.1. The molecular formula is C14H18FN5O6. The molecule has 0 saturated carbocycles. The topological polar surface area (TPSA) is 145 Å². The van der Waals surface area contributed by atoms with Gasteiger partial charge in [-0.2, -0.15) is 0 Å². The molecule has 1 aliphatic heterocycles. The van der Waals surface area contributed by atoms with E-state index in [1.165, 1.54) is 0 Å². The van der Waals surface area contributed by atoms with Crippen LogP contribution in [0, 0.1) is 10.1 Å². The predicted molar refractivity (Wildman–Crippen MR) is 85.9 cm³/mol. The van der Waals surface area contributed by atoms with Crippen molar-refractivity contribution in [3.63, 3.8) is 0 Å². The zero-order chi connectivity index (χ0) is 19.1. The van der Waals surface area contributed by atoms with Crippen LogP contribution in [0.3, 0.4) is 0 Å². The summed E-state index contributed by atoms with van der Waals surface area (Å²) in [7, 11) is 0. The molecule has 11 nitrogen and oxygen atoms in total. The van der Waals surface area contributed by atoms with Crippen LogP contribution >= 0.6 is 0 Å². The number of nitrogens with zero attached hydrogens (tertiary/aromatic N) is 4. The number of ether oxygens (including phenoxy) is 1. The Labute approximate surface area is 146 Å². The first-order valence-electron chi connectivity index (χ1n) is 7.83. The second-order valence-corrected chi connectivity index (χ2v) is 5.94. The Morgan fingerprint density at radius 3 is 2.88 bits per heavy atom. The molecule has 0 unspecified atom stereocenters. The largest absolute Gasteiger partial charge is 0.394 e. The molecule has 0 aromatic carbocycles. The molecule has 1 aliphatic rings. The second kappa shape index (κ2) is 6.72. The summed E-state index contributed by atoms with van der Waals surface area (Å²) in [6.45, 7) is 2.47. The number of aromatic nitrogens is 3. The Morgan fingerprint density at radius 2 is 2.31 bits per heavy atom. The average Bonchev–Trinajstić information content (AvgIpc) is 3.09. The van der Waals surface area contributed by atoms with Gasteiger partial charge in [0.25, 0.3) is 5.69 Å². The predicted octanol–water partition coefficient (Wildman–Crippen LogP) is 0.682. The van der Waals surface area contributed by atoms with E-state index in [9.17, 15) is 20.3 Å². The lowest BCUT2D eigenvalue weighted by atomic mass is 9.98. The average molecular weight is 371 g/mol. The summed E-state index contributed by atoms with van der Waals surface area (Å²) >= 11 is 0. The lowest BCUT2D eigenvalue weighted by molar-refractivity contribution is -0.383. The fourth-order valence-corrected chi connectivity index (χ4v) is 2.96. The molecular weight excluding hydrogens is 353 g/mol. The van der Waals surface area contributed by atoms with E-state index in [-0.39, 0.29) is 29.1 Å². The van der Waals surface area contributed by atoms with Crippen LogP contribution in [-0.2, 0) is 9.57 Å². The number of alkyl halides is 1. The van der Waals surface area contributed by atoms with E-state index in [2.05, 4.69) is 15.4 Å². The normalized spacial score (nSPS) is 28.6. The number of hydrogen-bond acceptors (Lipinski definition) is 9. The van der Waals surface area contributed by atoms with Crippen LogP contribution in [0.5, 0.6) is 0 Å². The van der Waals surface area contributed by atoms with Crippen molar-refractivity contribution >= 4 is 22.5 Å². The second-order valence-electron chi connectivity index (χ2n) is 5.94. The molecule has 26 heavy (non-hydrogen) atoms. The van der Waals surface area contributed by atoms with E-state index in [1.54, 1.807) is 6.92 Å². The highest BCUT2D eigenvalue weighted by Crippen LogP contribution is 2.44. The first-order valence-corrected chi connectivity index (χ1v) is 7.83. The molecule has 0 radical (unpaired) electrons. The molecule has 0 bridgehead atoms. The third-order valence-electron chi connectivity index (χ3n) is 4.25. The fraction of sp³-hybridized carbons (Fsp3) is 0.571. The summed E-state index contributed by atoms with van der Waals surface area (Å²) in [4.78, 5) is 23.8. The lowest BCUT2D eigenvalue weighted by Gasteiger charge is -2.24. The van der Waals surface area contributed by atoms with Crippen LogP contribution in [0.1, 0.15) is 20.1 Å². The van der Waals surface area contributed by atoms with E-state index in [4.69, 9.17) is 9.57 Å². The van der Waals surface area contributed by atoms with Crippen LogP contribution in [0.15, 0.2) is 12.5 Å². The highest BCUT2D eigenvalue weighted by molar-refractivity contribution is 5.95. The molecule has 2 aromatic rings. The Balaban J connectivity index is 2.17. The van der Waals surface area contributed by atoms with Crippen LogP contribution in [0.2, 0.25) is 0 Å². The number of halogens is 1. The molecule has 4 atom stereocenters. The molecule has 142 valence electrons. The monoisotopic (exact) mass is 371 g/mol. The molecule has 1 fully saturated rings. The minimum absolute atomic E-state index is 0.00675. The number of nitrogens with one attached hydrogen (secondary N) is 1. The summed E-state index contributed by atoms with van der Waals surface area (Å²) < 4.78 is 21.6. The van der Waals surface area contributed by atoms with Crippen molar-refractivity contribution in [2.24, 2.45) is 0 Å². The summed E-state index contributed by atoms with van der Waals surface area (Å²) in [6, 6.07) is 0. The van der Waals surface area contributed by atoms with Crippen LogP contribution in [0.4, 0.5) is 15.9 Å². The standard InChI is InChI=1S/C14H18FN5O6/c1-3-25-18-11-9-7(20(23)24)4-19(12(9)17-6-16-11)13-14(2,15)10(22)8(5-21)26-13/h4,6,8,10,13,21-22H,3,5H2,1-2H3,(H,16,17,18)/t8-,10-,13-,14-/m1/s1. The smallest absolute Gasteiger partial charge is 0.300 e. The third kappa shape index (κ3) is 2.76. The lowest BCUT2D eigenvalue weighted by Crippen LogP contribution is -2.40. The Bertz CT molecular complexity index is 828. The van der Waals surface area contributed by atoms with Crippen LogP contribution < -0.4 is 5.48 Å². The Hall–Kier alpha value is -2.41. The first-order chi connectivity index (χ1) is 12.3. The minimum Gasteiger partial charge on any atom is -0.394 e. The van der Waals surface area contributed by atoms with Crippen molar-refractivity contribution in [3.8, 4) is 0 Å². The maximum Gasteiger partial charge on any atom is 0.300 e. The van der Waals surface area contributed by atoms with Crippen LogP contribution in [-0.4, -0.2) is 60.8 Å². The number of aliphatic hydroxyl groups excluding tert-OH is 2. The SMILES string of the molecule is CCONc1ncnc2c1c([N+](=O)[O-])cn2[C@@H]1O[C@H](CO)[C@@H](O)[C@@]1(C)F. The van der Waals surface area contributed by atoms with Crippen molar-refractivity contribution in [2.45, 2.75) is 38.0 Å². The van der Waals surface area contributed by atoms with E-state index < -0.39 is 35.6 Å². The molecule has 3 N–H and O–H groups in total. The van der Waals surface area contributed by atoms with Crippen molar-refractivity contribution < 1.29 is 29.1 Å². The zero-order valence-electron chi connectivity index (χ0n) is 14.0. The van der Waals surface area contributed by atoms with Crippen molar-refractivity contribution in [2.75, 3.05) is 18.7 Å². The van der Waals surface area contributed by atoms with Crippen molar-refractivity contribution in [1.29, 1.82) is 0 Å². The van der Waals surface area contributed by atoms with Gasteiger partial charge in [-0.25, -0.2) is 19.8 Å². The highest BCUT2D eigenvalue weighted by atomic mass is 19.1. The molecule has 0 spiro atoms. The van der Waals surface area contributed by atoms with Crippen molar-refractivity contribution in [1.82, 2.24) is 14.5 Å². The highest BCUT2D eigenvalue weighted by Gasteiger charge is 2.55. The van der Waals surface area contributed by atoms with Gasteiger partial charge in [-0.05, 0) is 13.8 Å². The molecule has 2 aromatic heterocycles. The molecule has 0 aliphatic carbocycles. The summed E-state index contributed by atoms with van der Waals surface area (Å²) in [5, 5.41) is 30.8. The van der Waals surface area contributed by atoms with E-state index >= 15 is 4.39 Å². The van der Waals surface area contributed by atoms with Crippen molar-refractivity contribution in [3.05, 3.63) is 22.6 Å². The van der Waals surface area contributed by atoms with Gasteiger partial charge in [0, 0.05) is 0 Å². The van der Waals surface area contributed by atoms with Gasteiger partial charge in [0.05, 0.1) is 24.3 Å². The maximum absolute atomic E-state index is 15.1. The summed E-state index contributed by atoms with van der Waals surface area (Å²) in [5.74, 6) is 0.0418. The van der Waals surface area contributed by atoms with E-state index in [1.807, 2.05) is 0 Å². The van der Waals surface area contributed by atoms with Gasteiger partial charge >= 0.3 is 0 Å². The third-order valence-corrected chi connectivity index (χ3v) is 4.25. The number of nitro groups is 1. The van der Waals surface area contributed by atoms with Gasteiger partial charge in [-0.3, -0.25) is 19.5 Å². The molecule has 1 saturated heterocycles. The number of aliphatic hydroxyl groups is 2. The Morgan fingerprint density at radius 1 is 1.58 bits per heavy atom. The Kier molecular flexibility index (Phi) is 4.75. The quantitative estimate of drug-likeness (QED) is 0.493. The molecule has 0 amide bonds. The number of fused-ring (bicyclic) bond motifs is 1. The number of hydrogen-bond donors (Lipinski definition) is 3. The zero-order valence-corrected chi connectivity index (χ0v) is 14.0. The van der Waals surface area contributed by atoms with Gasteiger partial charge < -0.3 is 14.9 Å². The van der Waals surface area contributed by atoms with E-state index in [0.29, 0.717) is 0 Å². The summed E-state index contributed by atoms with van der Waals surface area (Å²) in [5.41, 5.74) is -0.184. The van der Waals surface area contributed by atoms with Gasteiger partial charge in [0.15, 0.2) is 23.4 Å². The molecule has 3 heterocycles. The number of rotatable bonds is 6. The van der Waals surface area contributed by atoms with Gasteiger partial charge in [0.2, 0.25) is 0 Å². The number of anilines is 1. The fourth-order valence-electron chi connectivity index (χ4n) is 2.96. The van der Waals surface area contributed by atoms with Gasteiger partial charge in [-0.1, -0.05) is 0 Å². The molecule has 12 heteroatoms. The van der Waals surface area contributed by atoms with Gasteiger partial charge in [-0.15, -0.1) is 0 Å².